The third-order valence-electron chi connectivity index (χ3n) is 3.07. The Bertz CT molecular complexity index is 703. The average molecular weight is 298 g/mol. The zero-order valence-electron chi connectivity index (χ0n) is 11.6. The van der Waals surface area contributed by atoms with Gasteiger partial charge in [-0.15, -0.1) is 0 Å². The van der Waals surface area contributed by atoms with Crippen molar-refractivity contribution in [2.75, 3.05) is 17.2 Å². The molecule has 0 aliphatic carbocycles. The number of anilines is 2. The number of nitrogens with zero attached hydrogens (tertiary/aromatic N) is 1. The summed E-state index contributed by atoms with van der Waals surface area (Å²) in [5.41, 5.74) is 2.14. The molecule has 7 nitrogen and oxygen atoms in total. The van der Waals surface area contributed by atoms with Crippen LogP contribution in [0.25, 0.3) is 0 Å². The van der Waals surface area contributed by atoms with E-state index in [0.29, 0.717) is 23.7 Å². The number of carbonyl (C=O) groups is 2. The molecular formula is C15H14N4O3. The molecule has 0 unspecified atom stereocenters. The first-order valence-corrected chi connectivity index (χ1v) is 6.71. The fraction of sp³-hybridized carbons (Fsp3) is 0.133. The van der Waals surface area contributed by atoms with Crippen molar-refractivity contribution in [1.29, 1.82) is 0 Å². The number of ether oxygens (including phenoxy) is 1. The predicted molar refractivity (Wildman–Crippen MR) is 80.7 cm³/mol. The number of carbonyl (C=O) groups excluding carboxylic acids is 2. The lowest BCUT2D eigenvalue weighted by Gasteiger charge is -2.18. The summed E-state index contributed by atoms with van der Waals surface area (Å²) in [5.74, 6) is 0.342. The van der Waals surface area contributed by atoms with Crippen LogP contribution in [0, 0.1) is 0 Å². The number of fused-ring (bicyclic) bond motifs is 1. The zero-order chi connectivity index (χ0) is 15.4. The van der Waals surface area contributed by atoms with Crippen molar-refractivity contribution in [2.45, 2.75) is 6.54 Å². The molecule has 3 amide bonds. The monoisotopic (exact) mass is 298 g/mol. The summed E-state index contributed by atoms with van der Waals surface area (Å²) in [7, 11) is 0. The van der Waals surface area contributed by atoms with Crippen LogP contribution in [0.5, 0.6) is 5.75 Å². The molecule has 0 spiro atoms. The largest absolute Gasteiger partial charge is 0.482 e. The fourth-order valence-corrected chi connectivity index (χ4v) is 2.01. The second-order valence-corrected chi connectivity index (χ2v) is 4.71. The van der Waals surface area contributed by atoms with E-state index in [0.717, 1.165) is 5.56 Å². The molecule has 3 rings (SSSR count). The van der Waals surface area contributed by atoms with E-state index < -0.39 is 0 Å². The number of nitrogens with one attached hydrogen (secondary N) is 3. The number of pyridine rings is 1. The molecule has 0 saturated carbocycles. The van der Waals surface area contributed by atoms with Gasteiger partial charge in [-0.2, -0.15) is 0 Å². The van der Waals surface area contributed by atoms with E-state index in [4.69, 9.17) is 4.74 Å². The molecule has 1 aromatic carbocycles. The smallest absolute Gasteiger partial charge is 0.319 e. The molecule has 2 aromatic rings. The maximum atomic E-state index is 11.9. The minimum Gasteiger partial charge on any atom is -0.482 e. The van der Waals surface area contributed by atoms with E-state index in [1.165, 1.54) is 0 Å². The highest BCUT2D eigenvalue weighted by molar-refractivity contribution is 5.96. The van der Waals surface area contributed by atoms with Crippen molar-refractivity contribution in [2.24, 2.45) is 0 Å². The molecule has 0 fully saturated rings. The van der Waals surface area contributed by atoms with Crippen molar-refractivity contribution < 1.29 is 14.3 Å². The maximum Gasteiger partial charge on any atom is 0.319 e. The number of hydrogen-bond acceptors (Lipinski definition) is 4. The Morgan fingerprint density at radius 3 is 2.91 bits per heavy atom. The molecule has 1 aliphatic heterocycles. The van der Waals surface area contributed by atoms with Crippen molar-refractivity contribution in [1.82, 2.24) is 10.3 Å². The topological polar surface area (TPSA) is 92.3 Å². The number of hydrogen-bond donors (Lipinski definition) is 3. The van der Waals surface area contributed by atoms with Crippen LogP contribution in [0.2, 0.25) is 0 Å². The standard InChI is InChI=1S/C15H14N4O3/c20-14-9-22-13-7-11(1-2-12(13)19-14)18-15(21)17-8-10-3-5-16-6-4-10/h1-7H,8-9H2,(H,19,20)(H2,17,18,21). The molecular weight excluding hydrogens is 284 g/mol. The summed E-state index contributed by atoms with van der Waals surface area (Å²) in [6.07, 6.45) is 3.34. The van der Waals surface area contributed by atoms with Gasteiger partial charge in [0.05, 0.1) is 5.69 Å². The second kappa shape index (κ2) is 6.13. The summed E-state index contributed by atoms with van der Waals surface area (Å²) in [4.78, 5) is 27.0. The number of rotatable bonds is 3. The van der Waals surface area contributed by atoms with Crippen LogP contribution in [0.1, 0.15) is 5.56 Å². The molecule has 0 saturated heterocycles. The highest BCUT2D eigenvalue weighted by Crippen LogP contribution is 2.30. The van der Waals surface area contributed by atoms with E-state index in [1.807, 2.05) is 12.1 Å². The van der Waals surface area contributed by atoms with Crippen LogP contribution in [-0.4, -0.2) is 23.5 Å². The van der Waals surface area contributed by atoms with Crippen molar-refractivity contribution in [3.05, 3.63) is 48.3 Å². The molecule has 1 aromatic heterocycles. The van der Waals surface area contributed by atoms with E-state index in [9.17, 15) is 9.59 Å². The molecule has 0 atom stereocenters. The van der Waals surface area contributed by atoms with Gasteiger partial charge in [0.2, 0.25) is 0 Å². The van der Waals surface area contributed by atoms with Gasteiger partial charge in [-0.3, -0.25) is 9.78 Å². The van der Waals surface area contributed by atoms with Crippen molar-refractivity contribution in [3.8, 4) is 5.75 Å². The second-order valence-electron chi connectivity index (χ2n) is 4.71. The van der Waals surface area contributed by atoms with Gasteiger partial charge in [0.25, 0.3) is 5.91 Å². The third kappa shape index (κ3) is 3.32. The Balaban J connectivity index is 1.59. The van der Waals surface area contributed by atoms with Gasteiger partial charge in [0.1, 0.15) is 5.75 Å². The highest BCUT2D eigenvalue weighted by atomic mass is 16.5. The molecule has 7 heteroatoms. The Labute approximate surface area is 126 Å². The van der Waals surface area contributed by atoms with Crippen LogP contribution in [0.15, 0.2) is 42.7 Å². The van der Waals surface area contributed by atoms with E-state index in [2.05, 4.69) is 20.9 Å². The van der Waals surface area contributed by atoms with Crippen LogP contribution >= 0.6 is 0 Å². The van der Waals surface area contributed by atoms with Gasteiger partial charge in [-0.05, 0) is 29.8 Å². The SMILES string of the molecule is O=C1COc2cc(NC(=O)NCc3ccncc3)ccc2N1. The van der Waals surface area contributed by atoms with Gasteiger partial charge in [-0.25, -0.2) is 4.79 Å². The molecule has 0 radical (unpaired) electrons. The van der Waals surface area contributed by atoms with Crippen molar-refractivity contribution >= 4 is 23.3 Å². The molecule has 1 aliphatic rings. The number of benzene rings is 1. The van der Waals surface area contributed by atoms with Gasteiger partial charge in [-0.1, -0.05) is 0 Å². The molecule has 22 heavy (non-hydrogen) atoms. The summed E-state index contributed by atoms with van der Waals surface area (Å²) in [6, 6.07) is 8.38. The summed E-state index contributed by atoms with van der Waals surface area (Å²) < 4.78 is 5.30. The Morgan fingerprint density at radius 1 is 1.27 bits per heavy atom. The third-order valence-corrected chi connectivity index (χ3v) is 3.07. The van der Waals surface area contributed by atoms with Crippen LogP contribution < -0.4 is 20.7 Å². The van der Waals surface area contributed by atoms with Crippen LogP contribution in [0.3, 0.4) is 0 Å². The number of amides is 3. The van der Waals surface area contributed by atoms with E-state index in [1.54, 1.807) is 30.6 Å². The van der Waals surface area contributed by atoms with Gasteiger partial charge in [0, 0.05) is 30.7 Å². The lowest BCUT2D eigenvalue weighted by atomic mass is 10.2. The normalized spacial score (nSPS) is 12.6. The average Bonchev–Trinajstić information content (AvgIpc) is 2.54. The maximum absolute atomic E-state index is 11.9. The lowest BCUT2D eigenvalue weighted by molar-refractivity contribution is -0.118. The molecule has 3 N–H and O–H groups in total. The fourth-order valence-electron chi connectivity index (χ4n) is 2.01. The number of aromatic nitrogens is 1. The van der Waals surface area contributed by atoms with Gasteiger partial charge in [0.15, 0.2) is 6.61 Å². The van der Waals surface area contributed by atoms with Gasteiger partial charge >= 0.3 is 6.03 Å². The summed E-state index contributed by atoms with van der Waals surface area (Å²) in [6.45, 7) is 0.385. The number of urea groups is 1. The van der Waals surface area contributed by atoms with Crippen molar-refractivity contribution in [3.63, 3.8) is 0 Å². The van der Waals surface area contributed by atoms with E-state index in [-0.39, 0.29) is 18.5 Å². The molecule has 2 heterocycles. The Morgan fingerprint density at radius 2 is 2.09 bits per heavy atom. The van der Waals surface area contributed by atoms with E-state index >= 15 is 0 Å². The molecule has 112 valence electrons. The quantitative estimate of drug-likeness (QED) is 0.804. The lowest BCUT2D eigenvalue weighted by Crippen LogP contribution is -2.28. The zero-order valence-corrected chi connectivity index (χ0v) is 11.6. The minimum atomic E-state index is -0.323. The highest BCUT2D eigenvalue weighted by Gasteiger charge is 2.16. The predicted octanol–water partition coefficient (Wildman–Crippen LogP) is 1.73. The first kappa shape index (κ1) is 13.9. The Kier molecular flexibility index (Phi) is 3.86. The summed E-state index contributed by atoms with van der Waals surface area (Å²) in [5, 5.41) is 8.15. The Hall–Kier alpha value is -3.09. The molecule has 0 bridgehead atoms. The summed E-state index contributed by atoms with van der Waals surface area (Å²) >= 11 is 0. The first-order valence-electron chi connectivity index (χ1n) is 6.71. The van der Waals surface area contributed by atoms with Crippen LogP contribution in [-0.2, 0) is 11.3 Å². The first-order chi connectivity index (χ1) is 10.7. The van der Waals surface area contributed by atoms with Crippen LogP contribution in [0.4, 0.5) is 16.2 Å². The van der Waals surface area contributed by atoms with Gasteiger partial charge < -0.3 is 20.7 Å². The minimum absolute atomic E-state index is 0.0231.